The molecular weight excluding hydrogens is 212 g/mol. The fourth-order valence-electron chi connectivity index (χ4n) is 1.48. The molecule has 1 aromatic rings. The van der Waals surface area contributed by atoms with E-state index < -0.39 is 0 Å². The standard InChI is InChI=1S/C11H14OS2/c1-8-2-4-9(5-3-8)10(12)11-13-6-7-14-11/h2-5,10-12H,6-7H2,1H3. The minimum atomic E-state index is -0.312. The number of thioether (sulfide) groups is 2. The van der Waals surface area contributed by atoms with Crippen LogP contribution in [0.15, 0.2) is 24.3 Å². The molecule has 0 spiro atoms. The summed E-state index contributed by atoms with van der Waals surface area (Å²) >= 11 is 3.72. The molecule has 1 aliphatic heterocycles. The Bertz CT molecular complexity index is 291. The van der Waals surface area contributed by atoms with Gasteiger partial charge in [0.05, 0.1) is 10.7 Å². The summed E-state index contributed by atoms with van der Waals surface area (Å²) in [5, 5.41) is 10.1. The number of benzene rings is 1. The Balaban J connectivity index is 2.09. The van der Waals surface area contributed by atoms with Gasteiger partial charge in [-0.05, 0) is 12.5 Å². The highest BCUT2D eigenvalue weighted by atomic mass is 32.2. The predicted molar refractivity (Wildman–Crippen MR) is 64.8 cm³/mol. The third-order valence-electron chi connectivity index (χ3n) is 2.32. The monoisotopic (exact) mass is 226 g/mol. The van der Waals surface area contributed by atoms with Crippen molar-refractivity contribution in [2.24, 2.45) is 0 Å². The Kier molecular flexibility index (Phi) is 3.42. The van der Waals surface area contributed by atoms with Crippen LogP contribution in [0.3, 0.4) is 0 Å². The van der Waals surface area contributed by atoms with Crippen LogP contribution in [0.2, 0.25) is 0 Å². The SMILES string of the molecule is Cc1ccc(C(O)C2SCCS2)cc1. The van der Waals surface area contributed by atoms with E-state index in [1.54, 1.807) is 0 Å². The molecular formula is C11H14OS2. The quantitative estimate of drug-likeness (QED) is 0.837. The summed E-state index contributed by atoms with van der Waals surface area (Å²) < 4.78 is 0.331. The third-order valence-corrected chi connectivity index (χ3v) is 5.45. The first kappa shape index (κ1) is 10.4. The van der Waals surface area contributed by atoms with Crippen LogP contribution in [0.5, 0.6) is 0 Å². The zero-order chi connectivity index (χ0) is 9.97. The first-order valence-corrected chi connectivity index (χ1v) is 6.85. The van der Waals surface area contributed by atoms with Gasteiger partial charge in [-0.3, -0.25) is 0 Å². The van der Waals surface area contributed by atoms with E-state index in [1.165, 1.54) is 5.56 Å². The van der Waals surface area contributed by atoms with Gasteiger partial charge in [0, 0.05) is 11.5 Å². The molecule has 76 valence electrons. The van der Waals surface area contributed by atoms with Crippen molar-refractivity contribution in [1.29, 1.82) is 0 Å². The molecule has 1 N–H and O–H groups in total. The van der Waals surface area contributed by atoms with Gasteiger partial charge in [0.15, 0.2) is 0 Å². The maximum absolute atomic E-state index is 10.1. The molecule has 14 heavy (non-hydrogen) atoms. The van der Waals surface area contributed by atoms with Gasteiger partial charge in [0.1, 0.15) is 0 Å². The van der Waals surface area contributed by atoms with Crippen molar-refractivity contribution in [3.05, 3.63) is 35.4 Å². The Morgan fingerprint density at radius 2 is 1.79 bits per heavy atom. The fraction of sp³-hybridized carbons (Fsp3) is 0.455. The van der Waals surface area contributed by atoms with Crippen molar-refractivity contribution in [2.45, 2.75) is 17.6 Å². The van der Waals surface area contributed by atoms with Gasteiger partial charge in [0.2, 0.25) is 0 Å². The lowest BCUT2D eigenvalue weighted by atomic mass is 10.1. The zero-order valence-electron chi connectivity index (χ0n) is 8.14. The minimum absolute atomic E-state index is 0.312. The summed E-state index contributed by atoms with van der Waals surface area (Å²) in [7, 11) is 0. The highest BCUT2D eigenvalue weighted by molar-refractivity contribution is 8.20. The number of rotatable bonds is 2. The molecule has 1 fully saturated rings. The van der Waals surface area contributed by atoms with Crippen molar-refractivity contribution in [2.75, 3.05) is 11.5 Å². The second kappa shape index (κ2) is 4.60. The van der Waals surface area contributed by atoms with E-state index in [0.29, 0.717) is 4.58 Å². The van der Waals surface area contributed by atoms with Crippen molar-refractivity contribution in [3.8, 4) is 0 Å². The summed E-state index contributed by atoms with van der Waals surface area (Å²) in [5.74, 6) is 2.33. The Hall–Kier alpha value is -0.120. The predicted octanol–water partition coefficient (Wildman–Crippen LogP) is 2.83. The Morgan fingerprint density at radius 1 is 1.21 bits per heavy atom. The molecule has 3 heteroatoms. The molecule has 1 nitrogen and oxygen atoms in total. The molecule has 0 saturated carbocycles. The van der Waals surface area contributed by atoms with Crippen LogP contribution >= 0.6 is 23.5 Å². The van der Waals surface area contributed by atoms with Gasteiger partial charge in [-0.1, -0.05) is 29.8 Å². The van der Waals surface area contributed by atoms with Crippen molar-refractivity contribution in [1.82, 2.24) is 0 Å². The van der Waals surface area contributed by atoms with E-state index in [2.05, 4.69) is 19.1 Å². The lowest BCUT2D eigenvalue weighted by Gasteiger charge is -2.16. The molecule has 1 heterocycles. The molecule has 1 atom stereocenters. The molecule has 0 radical (unpaired) electrons. The highest BCUT2D eigenvalue weighted by Gasteiger charge is 2.25. The molecule has 1 unspecified atom stereocenters. The van der Waals surface area contributed by atoms with E-state index in [0.717, 1.165) is 17.1 Å². The van der Waals surface area contributed by atoms with Gasteiger partial charge < -0.3 is 5.11 Å². The van der Waals surface area contributed by atoms with Crippen LogP contribution in [-0.4, -0.2) is 21.2 Å². The molecule has 0 aromatic heterocycles. The van der Waals surface area contributed by atoms with Crippen LogP contribution in [0.25, 0.3) is 0 Å². The van der Waals surface area contributed by atoms with Crippen LogP contribution < -0.4 is 0 Å². The second-order valence-electron chi connectivity index (χ2n) is 3.47. The molecule has 2 rings (SSSR count). The van der Waals surface area contributed by atoms with E-state index in [4.69, 9.17) is 0 Å². The fourth-order valence-corrected chi connectivity index (χ4v) is 4.36. The molecule has 1 saturated heterocycles. The number of aliphatic hydroxyl groups is 1. The Morgan fingerprint density at radius 3 is 2.36 bits per heavy atom. The first-order chi connectivity index (χ1) is 6.77. The first-order valence-electron chi connectivity index (χ1n) is 4.75. The summed E-state index contributed by atoms with van der Waals surface area (Å²) in [4.78, 5) is 0. The van der Waals surface area contributed by atoms with Crippen LogP contribution in [0, 0.1) is 6.92 Å². The normalized spacial score (nSPS) is 19.9. The largest absolute Gasteiger partial charge is 0.386 e. The van der Waals surface area contributed by atoms with Gasteiger partial charge in [-0.15, -0.1) is 23.5 Å². The lowest BCUT2D eigenvalue weighted by Crippen LogP contribution is -2.08. The van der Waals surface area contributed by atoms with Crippen LogP contribution in [0.4, 0.5) is 0 Å². The summed E-state index contributed by atoms with van der Waals surface area (Å²) in [6.45, 7) is 2.06. The Labute approximate surface area is 93.3 Å². The molecule has 1 aliphatic rings. The summed E-state index contributed by atoms with van der Waals surface area (Å²) in [6, 6.07) is 8.17. The topological polar surface area (TPSA) is 20.2 Å². The highest BCUT2D eigenvalue weighted by Crippen LogP contribution is 2.40. The second-order valence-corrected chi connectivity index (χ2v) is 6.26. The van der Waals surface area contributed by atoms with Crippen molar-refractivity contribution >= 4 is 23.5 Å². The van der Waals surface area contributed by atoms with Gasteiger partial charge in [-0.2, -0.15) is 0 Å². The van der Waals surface area contributed by atoms with Crippen molar-refractivity contribution in [3.63, 3.8) is 0 Å². The van der Waals surface area contributed by atoms with E-state index >= 15 is 0 Å². The van der Waals surface area contributed by atoms with E-state index in [9.17, 15) is 5.11 Å². The zero-order valence-corrected chi connectivity index (χ0v) is 9.78. The van der Waals surface area contributed by atoms with Gasteiger partial charge in [0.25, 0.3) is 0 Å². The molecule has 0 aliphatic carbocycles. The molecule has 0 amide bonds. The average molecular weight is 226 g/mol. The van der Waals surface area contributed by atoms with Gasteiger partial charge in [-0.25, -0.2) is 0 Å². The average Bonchev–Trinajstić information content (AvgIpc) is 2.71. The van der Waals surface area contributed by atoms with Crippen LogP contribution in [-0.2, 0) is 0 Å². The van der Waals surface area contributed by atoms with E-state index in [-0.39, 0.29) is 6.10 Å². The van der Waals surface area contributed by atoms with Gasteiger partial charge >= 0.3 is 0 Å². The number of hydrogen-bond acceptors (Lipinski definition) is 3. The number of aliphatic hydroxyl groups excluding tert-OH is 1. The van der Waals surface area contributed by atoms with E-state index in [1.807, 2.05) is 35.7 Å². The number of aryl methyl sites for hydroxylation is 1. The third kappa shape index (κ3) is 2.27. The lowest BCUT2D eigenvalue weighted by molar-refractivity contribution is 0.196. The smallest absolute Gasteiger partial charge is 0.1000 e. The molecule has 1 aromatic carbocycles. The molecule has 0 bridgehead atoms. The maximum Gasteiger partial charge on any atom is 0.1000 e. The maximum atomic E-state index is 10.1. The summed E-state index contributed by atoms with van der Waals surface area (Å²) in [6.07, 6.45) is -0.312. The summed E-state index contributed by atoms with van der Waals surface area (Å²) in [5.41, 5.74) is 2.29. The number of hydrogen-bond donors (Lipinski definition) is 1. The van der Waals surface area contributed by atoms with Crippen LogP contribution in [0.1, 0.15) is 17.2 Å². The van der Waals surface area contributed by atoms with Crippen molar-refractivity contribution < 1.29 is 5.11 Å². The minimum Gasteiger partial charge on any atom is -0.386 e.